The van der Waals surface area contributed by atoms with E-state index in [9.17, 15) is 4.79 Å². The molecule has 0 spiro atoms. The van der Waals surface area contributed by atoms with Crippen molar-refractivity contribution < 1.29 is 14.3 Å². The number of hydrogen-bond acceptors (Lipinski definition) is 3. The van der Waals surface area contributed by atoms with Gasteiger partial charge in [-0.2, -0.15) is 0 Å². The van der Waals surface area contributed by atoms with Gasteiger partial charge in [-0.05, 0) is 32.6 Å². The maximum Gasteiger partial charge on any atom is 0.163 e. The summed E-state index contributed by atoms with van der Waals surface area (Å²) in [6, 6.07) is 0. The molecule has 0 aromatic rings. The summed E-state index contributed by atoms with van der Waals surface area (Å²) in [6.07, 6.45) is 5.05. The van der Waals surface area contributed by atoms with E-state index in [2.05, 4.69) is 20.4 Å². The average Bonchev–Trinajstić information content (AvgIpc) is 2.37. The van der Waals surface area contributed by atoms with Gasteiger partial charge in [0.15, 0.2) is 5.79 Å². The van der Waals surface area contributed by atoms with E-state index in [4.69, 9.17) is 9.47 Å². The third-order valence-corrected chi connectivity index (χ3v) is 4.00. The van der Waals surface area contributed by atoms with E-state index in [0.29, 0.717) is 5.92 Å². The second-order valence-corrected chi connectivity index (χ2v) is 6.28. The zero-order valence-electron chi connectivity index (χ0n) is 12.9. The molecular weight excluding hydrogens is 240 g/mol. The number of ether oxygens (including phenoxy) is 2. The Morgan fingerprint density at radius 3 is 2.47 bits per heavy atom. The molecule has 0 bridgehead atoms. The predicted octanol–water partition coefficient (Wildman–Crippen LogP) is 3.58. The van der Waals surface area contributed by atoms with Crippen LogP contribution in [0.4, 0.5) is 0 Å². The molecule has 0 aliphatic carbocycles. The van der Waals surface area contributed by atoms with Gasteiger partial charge in [0.2, 0.25) is 0 Å². The van der Waals surface area contributed by atoms with Crippen molar-refractivity contribution in [3.63, 3.8) is 0 Å². The molecule has 3 heteroatoms. The van der Waals surface area contributed by atoms with E-state index in [-0.39, 0.29) is 24.0 Å². The van der Waals surface area contributed by atoms with Crippen molar-refractivity contribution in [3.05, 3.63) is 12.7 Å². The Morgan fingerprint density at radius 1 is 1.32 bits per heavy atom. The molecule has 0 saturated carbocycles. The molecular formula is C16H28O3. The number of hydrogen-bond donors (Lipinski definition) is 0. The van der Waals surface area contributed by atoms with Crippen molar-refractivity contribution in [1.82, 2.24) is 0 Å². The minimum absolute atomic E-state index is 0.0645. The Kier molecular flexibility index (Phi) is 5.75. The zero-order valence-corrected chi connectivity index (χ0v) is 12.9. The first-order chi connectivity index (χ1) is 8.80. The topological polar surface area (TPSA) is 35.5 Å². The van der Waals surface area contributed by atoms with Crippen LogP contribution in [-0.2, 0) is 14.3 Å². The summed E-state index contributed by atoms with van der Waals surface area (Å²) in [4.78, 5) is 11.0. The second-order valence-electron chi connectivity index (χ2n) is 6.28. The van der Waals surface area contributed by atoms with E-state index in [0.717, 1.165) is 19.1 Å². The Labute approximate surface area is 117 Å². The van der Waals surface area contributed by atoms with Crippen LogP contribution in [0.1, 0.15) is 47.5 Å². The number of carbonyl (C=O) groups excluding carboxylic acids is 1. The van der Waals surface area contributed by atoms with Crippen LogP contribution in [0.15, 0.2) is 12.7 Å². The summed E-state index contributed by atoms with van der Waals surface area (Å²) < 4.78 is 12.0. The number of rotatable bonds is 6. The molecule has 1 aliphatic rings. The van der Waals surface area contributed by atoms with E-state index in [1.807, 2.05) is 26.8 Å². The van der Waals surface area contributed by atoms with Crippen molar-refractivity contribution in [2.45, 2.75) is 65.5 Å². The van der Waals surface area contributed by atoms with E-state index >= 15 is 0 Å². The molecule has 1 heterocycles. The van der Waals surface area contributed by atoms with Crippen LogP contribution >= 0.6 is 0 Å². The van der Waals surface area contributed by atoms with Crippen LogP contribution < -0.4 is 0 Å². The summed E-state index contributed by atoms with van der Waals surface area (Å²) in [5, 5.41) is 0. The molecule has 0 unspecified atom stereocenters. The standard InChI is InChI=1S/C16H28O3/c1-7-11(2)8-9-14-13(4)15(12(3)10-17)19-16(5,6)18-14/h7,10-15H,1,8-9H2,2-6H3/t11-,12+,13+,14-,15-/m1/s1. The highest BCUT2D eigenvalue weighted by atomic mass is 16.7. The average molecular weight is 268 g/mol. The van der Waals surface area contributed by atoms with Crippen molar-refractivity contribution in [2.24, 2.45) is 17.8 Å². The molecule has 0 aromatic carbocycles. The number of aldehydes is 1. The maximum atomic E-state index is 11.0. The monoisotopic (exact) mass is 268 g/mol. The Balaban J connectivity index is 2.73. The van der Waals surface area contributed by atoms with E-state index < -0.39 is 5.79 Å². The molecule has 3 nitrogen and oxygen atoms in total. The zero-order chi connectivity index (χ0) is 14.6. The van der Waals surface area contributed by atoms with Crippen LogP contribution in [0.25, 0.3) is 0 Å². The van der Waals surface area contributed by atoms with Crippen LogP contribution in [0, 0.1) is 17.8 Å². The lowest BCUT2D eigenvalue weighted by Crippen LogP contribution is -2.52. The third kappa shape index (κ3) is 4.43. The largest absolute Gasteiger partial charge is 0.347 e. The molecule has 0 radical (unpaired) electrons. The summed E-state index contributed by atoms with van der Waals surface area (Å²) in [5.41, 5.74) is 0. The molecule has 1 aliphatic heterocycles. The fraction of sp³-hybridized carbons (Fsp3) is 0.812. The summed E-state index contributed by atoms with van der Waals surface area (Å²) in [6.45, 7) is 13.9. The smallest absolute Gasteiger partial charge is 0.163 e. The van der Waals surface area contributed by atoms with Gasteiger partial charge in [0, 0.05) is 11.8 Å². The molecule has 0 aromatic heterocycles. The maximum absolute atomic E-state index is 11.0. The van der Waals surface area contributed by atoms with Gasteiger partial charge in [0.05, 0.1) is 12.2 Å². The normalized spacial score (nSPS) is 33.4. The first-order valence-electron chi connectivity index (χ1n) is 7.24. The minimum atomic E-state index is -0.615. The highest BCUT2D eigenvalue weighted by Crippen LogP contribution is 2.36. The molecule has 1 saturated heterocycles. The molecule has 5 atom stereocenters. The van der Waals surface area contributed by atoms with Gasteiger partial charge in [-0.3, -0.25) is 0 Å². The Bertz CT molecular complexity index is 311. The fourth-order valence-electron chi connectivity index (χ4n) is 2.68. The molecule has 0 amide bonds. The summed E-state index contributed by atoms with van der Waals surface area (Å²) in [7, 11) is 0. The minimum Gasteiger partial charge on any atom is -0.347 e. The van der Waals surface area contributed by atoms with Crippen molar-refractivity contribution in [1.29, 1.82) is 0 Å². The highest BCUT2D eigenvalue weighted by molar-refractivity contribution is 5.53. The lowest BCUT2D eigenvalue weighted by molar-refractivity contribution is -0.325. The molecule has 19 heavy (non-hydrogen) atoms. The second kappa shape index (κ2) is 6.67. The van der Waals surface area contributed by atoms with Gasteiger partial charge in [0.1, 0.15) is 6.29 Å². The third-order valence-electron chi connectivity index (χ3n) is 4.00. The first-order valence-corrected chi connectivity index (χ1v) is 7.24. The van der Waals surface area contributed by atoms with Crippen molar-refractivity contribution >= 4 is 6.29 Å². The van der Waals surface area contributed by atoms with E-state index in [1.165, 1.54) is 0 Å². The van der Waals surface area contributed by atoms with Gasteiger partial charge in [0.25, 0.3) is 0 Å². The van der Waals surface area contributed by atoms with Gasteiger partial charge >= 0.3 is 0 Å². The van der Waals surface area contributed by atoms with Gasteiger partial charge in [-0.25, -0.2) is 0 Å². The first kappa shape index (κ1) is 16.4. The summed E-state index contributed by atoms with van der Waals surface area (Å²) >= 11 is 0. The molecule has 1 fully saturated rings. The predicted molar refractivity (Wildman–Crippen MR) is 76.8 cm³/mol. The van der Waals surface area contributed by atoms with Crippen LogP contribution in [0.2, 0.25) is 0 Å². The number of allylic oxidation sites excluding steroid dienone is 1. The SMILES string of the molecule is C=C[C@@H](C)CC[C@H]1OC(C)(C)O[C@H]([C@@H](C)C=O)[C@H]1C. The van der Waals surface area contributed by atoms with Gasteiger partial charge in [-0.15, -0.1) is 6.58 Å². The summed E-state index contributed by atoms with van der Waals surface area (Å²) in [5.74, 6) is 0.00253. The van der Waals surface area contributed by atoms with Crippen LogP contribution in [0.3, 0.4) is 0 Å². The lowest BCUT2D eigenvalue weighted by atomic mass is 9.85. The van der Waals surface area contributed by atoms with Gasteiger partial charge in [-0.1, -0.05) is 26.8 Å². The highest BCUT2D eigenvalue weighted by Gasteiger charge is 2.42. The Morgan fingerprint density at radius 2 is 1.95 bits per heavy atom. The van der Waals surface area contributed by atoms with Crippen LogP contribution in [-0.4, -0.2) is 24.3 Å². The quantitative estimate of drug-likeness (QED) is 0.545. The van der Waals surface area contributed by atoms with Crippen molar-refractivity contribution in [2.75, 3.05) is 0 Å². The Hall–Kier alpha value is -0.670. The van der Waals surface area contributed by atoms with Crippen molar-refractivity contribution in [3.8, 4) is 0 Å². The molecule has 0 N–H and O–H groups in total. The molecule has 110 valence electrons. The molecule has 1 rings (SSSR count). The van der Waals surface area contributed by atoms with Crippen LogP contribution in [0.5, 0.6) is 0 Å². The fourth-order valence-corrected chi connectivity index (χ4v) is 2.68. The van der Waals surface area contributed by atoms with Gasteiger partial charge < -0.3 is 14.3 Å². The number of carbonyl (C=O) groups is 1. The van der Waals surface area contributed by atoms with E-state index in [1.54, 1.807) is 0 Å². The lowest BCUT2D eigenvalue weighted by Gasteiger charge is -2.46.